The quantitative estimate of drug-likeness (QED) is 0.289. The average Bonchev–Trinajstić information content (AvgIpc) is 2.73. The number of carbonyl (C=O) groups excluding carboxylic acids is 1. The predicted molar refractivity (Wildman–Crippen MR) is 131 cm³/mol. The Kier molecular flexibility index (Phi) is 11.7. The molecule has 1 amide bonds. The van der Waals surface area contributed by atoms with E-state index in [0.717, 1.165) is 11.3 Å². The van der Waals surface area contributed by atoms with Gasteiger partial charge in [0, 0.05) is 20.2 Å². The number of likely N-dealkylation sites (N-methyl/N-ethyl adjacent to an activating group) is 1. The molecule has 0 saturated heterocycles. The van der Waals surface area contributed by atoms with Gasteiger partial charge in [-0.2, -0.15) is 0 Å². The Balaban J connectivity index is 0.00000480. The van der Waals surface area contributed by atoms with Crippen molar-refractivity contribution in [2.24, 2.45) is 4.99 Å². The molecule has 0 saturated carbocycles. The largest absolute Gasteiger partial charge is 0.497 e. The molecule has 7 nitrogen and oxygen atoms in total. The van der Waals surface area contributed by atoms with E-state index in [0.29, 0.717) is 24.8 Å². The molecule has 0 aliphatic heterocycles. The third-order valence-electron chi connectivity index (χ3n) is 4.17. The van der Waals surface area contributed by atoms with Crippen LogP contribution in [0.25, 0.3) is 0 Å². The molecule has 0 spiro atoms. The highest BCUT2D eigenvalue weighted by molar-refractivity contribution is 14.0. The molecule has 0 radical (unpaired) electrons. The summed E-state index contributed by atoms with van der Waals surface area (Å²) in [6, 6.07) is 13.6. The van der Waals surface area contributed by atoms with Crippen LogP contribution in [0.15, 0.2) is 53.5 Å². The fraction of sp³-hybridized carbons (Fsp3) is 0.364. The van der Waals surface area contributed by atoms with Gasteiger partial charge in [-0.1, -0.05) is 18.2 Å². The summed E-state index contributed by atoms with van der Waals surface area (Å²) in [6.07, 6.45) is -0.246. The first-order valence-electron chi connectivity index (χ1n) is 9.65. The van der Waals surface area contributed by atoms with Crippen LogP contribution in [0.4, 0.5) is 4.39 Å². The lowest BCUT2D eigenvalue weighted by molar-refractivity contribution is -0.127. The second kappa shape index (κ2) is 13.7. The van der Waals surface area contributed by atoms with Gasteiger partial charge < -0.3 is 25.0 Å². The Bertz CT molecular complexity index is 847. The summed E-state index contributed by atoms with van der Waals surface area (Å²) in [5.41, 5.74) is 1.000. The number of nitrogens with zero attached hydrogens (tertiary/aromatic N) is 2. The molecular formula is C22H30FIN4O3. The first-order chi connectivity index (χ1) is 14.4. The number of carbonyl (C=O) groups is 1. The molecule has 2 aromatic rings. The van der Waals surface area contributed by atoms with Gasteiger partial charge >= 0.3 is 0 Å². The minimum Gasteiger partial charge on any atom is -0.497 e. The number of hydrogen-bond donors (Lipinski definition) is 2. The summed E-state index contributed by atoms with van der Waals surface area (Å²) in [7, 11) is 5.01. The molecule has 2 aromatic carbocycles. The van der Waals surface area contributed by atoms with E-state index < -0.39 is 0 Å². The zero-order chi connectivity index (χ0) is 21.9. The van der Waals surface area contributed by atoms with Crippen LogP contribution in [0.1, 0.15) is 12.5 Å². The third-order valence-corrected chi connectivity index (χ3v) is 4.17. The van der Waals surface area contributed by atoms with Crippen molar-refractivity contribution < 1.29 is 18.7 Å². The van der Waals surface area contributed by atoms with E-state index >= 15 is 0 Å². The van der Waals surface area contributed by atoms with Crippen LogP contribution >= 0.6 is 24.0 Å². The number of nitrogens with one attached hydrogen (secondary N) is 2. The number of ether oxygens (including phenoxy) is 2. The van der Waals surface area contributed by atoms with Crippen molar-refractivity contribution in [3.63, 3.8) is 0 Å². The fourth-order valence-electron chi connectivity index (χ4n) is 2.45. The number of halogens is 2. The van der Waals surface area contributed by atoms with Crippen molar-refractivity contribution in [3.05, 3.63) is 59.9 Å². The van der Waals surface area contributed by atoms with Gasteiger partial charge in [-0.15, -0.1) is 24.0 Å². The molecule has 0 aliphatic carbocycles. The topological polar surface area (TPSA) is 75.2 Å². The lowest BCUT2D eigenvalue weighted by Gasteiger charge is -2.19. The molecule has 0 aliphatic rings. The fourth-order valence-corrected chi connectivity index (χ4v) is 2.45. The first-order valence-corrected chi connectivity index (χ1v) is 9.65. The molecule has 9 heteroatoms. The van der Waals surface area contributed by atoms with Crippen LogP contribution in [-0.4, -0.2) is 57.2 Å². The van der Waals surface area contributed by atoms with Gasteiger partial charge in [0.15, 0.2) is 5.96 Å². The monoisotopic (exact) mass is 544 g/mol. The van der Waals surface area contributed by atoms with Crippen molar-refractivity contribution in [2.45, 2.75) is 19.6 Å². The first kappa shape index (κ1) is 26.5. The highest BCUT2D eigenvalue weighted by Crippen LogP contribution is 2.14. The molecule has 31 heavy (non-hydrogen) atoms. The van der Waals surface area contributed by atoms with Crippen molar-refractivity contribution in [2.75, 3.05) is 34.3 Å². The smallest absolute Gasteiger partial charge is 0.241 e. The number of hydrogen-bond acceptors (Lipinski definition) is 4. The van der Waals surface area contributed by atoms with Crippen molar-refractivity contribution >= 4 is 35.8 Å². The van der Waals surface area contributed by atoms with E-state index in [9.17, 15) is 9.18 Å². The normalized spacial score (nSPS) is 11.7. The van der Waals surface area contributed by atoms with Crippen LogP contribution < -0.4 is 20.1 Å². The van der Waals surface area contributed by atoms with Gasteiger partial charge in [0.05, 0.1) is 26.7 Å². The summed E-state index contributed by atoms with van der Waals surface area (Å²) in [6.45, 7) is 2.82. The van der Waals surface area contributed by atoms with Crippen LogP contribution in [-0.2, 0) is 11.3 Å². The van der Waals surface area contributed by atoms with Crippen LogP contribution in [0.3, 0.4) is 0 Å². The van der Waals surface area contributed by atoms with Crippen LogP contribution in [0.5, 0.6) is 11.5 Å². The number of rotatable bonds is 9. The molecule has 170 valence electrons. The number of aliphatic imine (C=N–C) groups is 1. The summed E-state index contributed by atoms with van der Waals surface area (Å²) in [4.78, 5) is 18.0. The summed E-state index contributed by atoms with van der Waals surface area (Å²) >= 11 is 0. The van der Waals surface area contributed by atoms with Crippen molar-refractivity contribution in [1.29, 1.82) is 0 Å². The zero-order valence-corrected chi connectivity index (χ0v) is 20.6. The Morgan fingerprint density at radius 2 is 1.84 bits per heavy atom. The molecule has 2 rings (SSSR count). The Morgan fingerprint density at radius 1 is 1.13 bits per heavy atom. The van der Waals surface area contributed by atoms with E-state index in [1.165, 1.54) is 17.0 Å². The lowest BCUT2D eigenvalue weighted by Crippen LogP contribution is -2.45. The number of amides is 1. The van der Waals surface area contributed by atoms with Crippen molar-refractivity contribution in [3.8, 4) is 11.5 Å². The van der Waals surface area contributed by atoms with E-state index in [2.05, 4.69) is 15.6 Å². The Hall–Kier alpha value is -2.56. The van der Waals surface area contributed by atoms with Gasteiger partial charge in [0.25, 0.3) is 0 Å². The van der Waals surface area contributed by atoms with Crippen LogP contribution in [0, 0.1) is 5.82 Å². The predicted octanol–water partition coefficient (Wildman–Crippen LogP) is 3.04. The van der Waals surface area contributed by atoms with E-state index in [1.54, 1.807) is 33.3 Å². The maximum Gasteiger partial charge on any atom is 0.241 e. The molecule has 0 bridgehead atoms. The highest BCUT2D eigenvalue weighted by atomic mass is 127. The average molecular weight is 544 g/mol. The molecule has 1 atom stereocenters. The minimum atomic E-state index is -0.349. The van der Waals surface area contributed by atoms with Gasteiger partial charge in [-0.25, -0.2) is 9.38 Å². The lowest BCUT2D eigenvalue weighted by atomic mass is 10.2. The van der Waals surface area contributed by atoms with E-state index in [1.807, 2.05) is 31.2 Å². The Morgan fingerprint density at radius 3 is 2.45 bits per heavy atom. The molecule has 0 fully saturated rings. The molecule has 1 unspecified atom stereocenters. The van der Waals surface area contributed by atoms with Gasteiger partial charge in [0.2, 0.25) is 5.91 Å². The van der Waals surface area contributed by atoms with E-state index in [4.69, 9.17) is 9.47 Å². The summed E-state index contributed by atoms with van der Waals surface area (Å²) in [5.74, 6) is 1.29. The summed E-state index contributed by atoms with van der Waals surface area (Å²) in [5, 5.41) is 6.20. The highest BCUT2D eigenvalue weighted by Gasteiger charge is 2.09. The van der Waals surface area contributed by atoms with Crippen LogP contribution in [0.2, 0.25) is 0 Å². The Labute approximate surface area is 200 Å². The second-order valence-electron chi connectivity index (χ2n) is 6.92. The number of guanidine groups is 1. The number of methoxy groups -OCH3 is 1. The molecule has 2 N–H and O–H groups in total. The maximum atomic E-state index is 13.3. The van der Waals surface area contributed by atoms with Gasteiger partial charge in [-0.3, -0.25) is 4.79 Å². The minimum absolute atomic E-state index is 0. The molecule has 0 aromatic heterocycles. The third kappa shape index (κ3) is 9.86. The van der Waals surface area contributed by atoms with Gasteiger partial charge in [0.1, 0.15) is 23.4 Å². The summed E-state index contributed by atoms with van der Waals surface area (Å²) < 4.78 is 24.2. The standard InChI is InChI=1S/C22H29FN4O3.HI/c1-16(30-20-7-5-6-18(23)12-20)13-24-22(26-15-21(28)27(2)3)25-14-17-8-10-19(29-4)11-9-17;/h5-12,16H,13-15H2,1-4H3,(H2,24,25,26);1H. The molecule has 0 heterocycles. The number of benzene rings is 2. The van der Waals surface area contributed by atoms with Gasteiger partial charge in [-0.05, 0) is 36.8 Å². The SMILES string of the molecule is COc1ccc(CN=C(NCC(=O)N(C)C)NCC(C)Oc2cccc(F)c2)cc1.I. The van der Waals surface area contributed by atoms with E-state index in [-0.39, 0.29) is 48.3 Å². The second-order valence-corrected chi connectivity index (χ2v) is 6.92. The zero-order valence-electron chi connectivity index (χ0n) is 18.2. The molecular weight excluding hydrogens is 514 g/mol. The van der Waals surface area contributed by atoms with Crippen molar-refractivity contribution in [1.82, 2.24) is 15.5 Å². The maximum absolute atomic E-state index is 13.3.